The number of nitrogens with zero attached hydrogens (tertiary/aromatic N) is 1. The first kappa shape index (κ1) is 15.8. The van der Waals surface area contributed by atoms with Gasteiger partial charge in [-0.2, -0.15) is 13.2 Å². The molecule has 23 heavy (non-hydrogen) atoms. The first-order chi connectivity index (χ1) is 10.8. The Morgan fingerprint density at radius 3 is 2.52 bits per heavy atom. The quantitative estimate of drug-likeness (QED) is 0.810. The fourth-order valence-corrected chi connectivity index (χ4v) is 3.62. The Balaban J connectivity index is 1.80. The van der Waals surface area contributed by atoms with Crippen LogP contribution in [0.4, 0.5) is 18.9 Å². The number of benzene rings is 1. The van der Waals surface area contributed by atoms with Crippen LogP contribution in [0.2, 0.25) is 0 Å². The van der Waals surface area contributed by atoms with Crippen molar-refractivity contribution in [1.82, 2.24) is 9.03 Å². The lowest BCUT2D eigenvalue weighted by Crippen LogP contribution is -2.17. The minimum absolute atomic E-state index is 0.0178. The zero-order valence-electron chi connectivity index (χ0n) is 11.3. The summed E-state index contributed by atoms with van der Waals surface area (Å²) < 4.78 is 69.0. The zero-order chi connectivity index (χ0) is 16.7. The average Bonchev–Trinajstić information content (AvgIpc) is 2.93. The molecule has 0 saturated heterocycles. The predicted octanol–water partition coefficient (Wildman–Crippen LogP) is 3.17. The number of allylic oxidation sites excluding steroid dienone is 2. The molecule has 0 fully saturated rings. The summed E-state index contributed by atoms with van der Waals surface area (Å²) in [6, 6.07) is 3.80. The Bertz CT molecular complexity index is 812. The highest BCUT2D eigenvalue weighted by atomic mass is 32.2. The molecule has 0 aliphatic carbocycles. The highest BCUT2D eigenvalue weighted by Gasteiger charge is 2.30. The zero-order valence-corrected chi connectivity index (χ0v) is 13.0. The van der Waals surface area contributed by atoms with E-state index in [-0.39, 0.29) is 10.6 Å². The number of anilines is 1. The van der Waals surface area contributed by atoms with Gasteiger partial charge >= 0.3 is 6.18 Å². The van der Waals surface area contributed by atoms with E-state index in [1.807, 2.05) is 0 Å². The van der Waals surface area contributed by atoms with Gasteiger partial charge in [-0.15, -0.1) is 0 Å². The fraction of sp³-hybridized carbons (Fsp3) is 0.0769. The molecule has 3 rings (SSSR count). The number of hydrogen-bond donors (Lipinski definition) is 2. The van der Waals surface area contributed by atoms with Crippen LogP contribution in [0.5, 0.6) is 0 Å². The largest absolute Gasteiger partial charge is 0.416 e. The first-order valence-corrected chi connectivity index (χ1v) is 8.53. The minimum atomic E-state index is -4.46. The van der Waals surface area contributed by atoms with E-state index < -0.39 is 21.8 Å². The molecule has 1 aromatic rings. The lowest BCUT2D eigenvalue weighted by Gasteiger charge is -2.18. The maximum Gasteiger partial charge on any atom is 0.416 e. The van der Waals surface area contributed by atoms with Crippen molar-refractivity contribution in [3.8, 4) is 0 Å². The van der Waals surface area contributed by atoms with Crippen LogP contribution in [0.25, 0.3) is 0 Å². The first-order valence-electron chi connectivity index (χ1n) is 6.28. The topological polar surface area (TPSA) is 61.4 Å². The number of fused-ring (bicyclic) bond motifs is 1. The molecular formula is C13H10F3N3O2S2. The van der Waals surface area contributed by atoms with E-state index in [9.17, 15) is 21.6 Å². The fourth-order valence-electron chi connectivity index (χ4n) is 1.93. The second-order valence-corrected chi connectivity index (χ2v) is 7.14. The Kier molecular flexibility index (Phi) is 3.80. The van der Waals surface area contributed by atoms with Crippen molar-refractivity contribution in [1.29, 1.82) is 0 Å². The van der Waals surface area contributed by atoms with Gasteiger partial charge in [0.1, 0.15) is 0 Å². The van der Waals surface area contributed by atoms with Crippen molar-refractivity contribution in [3.63, 3.8) is 0 Å². The lowest BCUT2D eigenvalue weighted by atomic mass is 10.2. The van der Waals surface area contributed by atoms with Gasteiger partial charge in [0.15, 0.2) is 0 Å². The molecule has 0 atom stereocenters. The average molecular weight is 361 g/mol. The van der Waals surface area contributed by atoms with Crippen LogP contribution in [0.1, 0.15) is 5.56 Å². The molecule has 2 aliphatic rings. The number of hydrogen-bond acceptors (Lipinski definition) is 5. The molecule has 0 spiro atoms. The summed E-state index contributed by atoms with van der Waals surface area (Å²) in [4.78, 5) is 0.0178. The predicted molar refractivity (Wildman–Crippen MR) is 81.9 cm³/mol. The standard InChI is InChI=1S/C13H10F3N3O2S2/c14-13(15,16)9-1-3-10(4-2-9)18-23(20,21)12-5-6-19-11(7-12)8-17-22-19/h1-8,17-18H. The summed E-state index contributed by atoms with van der Waals surface area (Å²) in [6.45, 7) is 0. The maximum atomic E-state index is 12.5. The number of nitrogens with one attached hydrogen (secondary N) is 2. The third kappa shape index (κ3) is 3.32. The molecule has 0 bridgehead atoms. The van der Waals surface area contributed by atoms with Gasteiger partial charge in [0, 0.05) is 18.1 Å². The Morgan fingerprint density at radius 2 is 1.87 bits per heavy atom. The van der Waals surface area contributed by atoms with Crippen LogP contribution < -0.4 is 9.44 Å². The van der Waals surface area contributed by atoms with E-state index in [0.717, 1.165) is 24.3 Å². The normalized spacial score (nSPS) is 17.3. The van der Waals surface area contributed by atoms with Crippen molar-refractivity contribution in [3.05, 3.63) is 65.0 Å². The van der Waals surface area contributed by atoms with Gasteiger partial charge < -0.3 is 4.72 Å². The highest BCUT2D eigenvalue weighted by molar-refractivity contribution is 7.97. The Hall–Kier alpha value is -2.07. The molecule has 2 N–H and O–H groups in total. The van der Waals surface area contributed by atoms with E-state index in [1.165, 1.54) is 24.3 Å². The molecule has 2 heterocycles. The van der Waals surface area contributed by atoms with Crippen molar-refractivity contribution in [2.24, 2.45) is 0 Å². The molecule has 0 unspecified atom stereocenters. The molecule has 2 aliphatic heterocycles. The van der Waals surface area contributed by atoms with E-state index in [0.29, 0.717) is 5.70 Å². The minimum Gasteiger partial charge on any atom is -0.316 e. The van der Waals surface area contributed by atoms with Gasteiger partial charge in [-0.3, -0.25) is 9.03 Å². The number of sulfonamides is 1. The molecule has 122 valence electrons. The summed E-state index contributed by atoms with van der Waals surface area (Å²) in [6.07, 6.45) is 1.62. The SMILES string of the molecule is O=S(=O)(Nc1ccc(C(F)(F)F)cc1)C1=CC2=CNSN2C=C1. The van der Waals surface area contributed by atoms with E-state index in [2.05, 4.69) is 9.44 Å². The van der Waals surface area contributed by atoms with E-state index in [4.69, 9.17) is 0 Å². The summed E-state index contributed by atoms with van der Waals surface area (Å²) in [5, 5.41) is 0. The molecule has 0 radical (unpaired) electrons. The van der Waals surface area contributed by atoms with Gasteiger partial charge in [-0.25, -0.2) is 8.42 Å². The van der Waals surface area contributed by atoms with Crippen LogP contribution in [-0.2, 0) is 16.2 Å². The van der Waals surface area contributed by atoms with Gasteiger partial charge in [-0.05, 0) is 36.4 Å². The summed E-state index contributed by atoms with van der Waals surface area (Å²) in [7, 11) is -3.88. The summed E-state index contributed by atoms with van der Waals surface area (Å²) >= 11 is 1.28. The molecule has 10 heteroatoms. The van der Waals surface area contributed by atoms with Crippen LogP contribution in [-0.4, -0.2) is 12.7 Å². The second-order valence-electron chi connectivity index (χ2n) is 4.65. The van der Waals surface area contributed by atoms with Crippen molar-refractivity contribution in [2.45, 2.75) is 6.18 Å². The van der Waals surface area contributed by atoms with Crippen molar-refractivity contribution in [2.75, 3.05) is 4.72 Å². The van der Waals surface area contributed by atoms with Gasteiger partial charge in [0.2, 0.25) is 0 Å². The molecule has 1 aromatic carbocycles. The Labute approximate surface area is 134 Å². The van der Waals surface area contributed by atoms with Crippen LogP contribution in [0.15, 0.2) is 59.4 Å². The van der Waals surface area contributed by atoms with Crippen LogP contribution in [0, 0.1) is 0 Å². The third-order valence-corrected chi connectivity index (χ3v) is 5.18. The second kappa shape index (κ2) is 5.53. The molecule has 5 nitrogen and oxygen atoms in total. The maximum absolute atomic E-state index is 12.5. The summed E-state index contributed by atoms with van der Waals surface area (Å²) in [5.74, 6) is 0. The number of rotatable bonds is 3. The molecular weight excluding hydrogens is 351 g/mol. The van der Waals surface area contributed by atoms with Gasteiger partial charge in [-0.1, -0.05) is 0 Å². The van der Waals surface area contributed by atoms with E-state index >= 15 is 0 Å². The Morgan fingerprint density at radius 1 is 1.17 bits per heavy atom. The van der Waals surface area contributed by atoms with Crippen molar-refractivity contribution < 1.29 is 21.6 Å². The molecule has 0 saturated carbocycles. The molecule has 0 aromatic heterocycles. The smallest absolute Gasteiger partial charge is 0.316 e. The lowest BCUT2D eigenvalue weighted by molar-refractivity contribution is -0.137. The van der Waals surface area contributed by atoms with Crippen LogP contribution >= 0.6 is 12.1 Å². The van der Waals surface area contributed by atoms with E-state index in [1.54, 1.807) is 16.7 Å². The van der Waals surface area contributed by atoms with Crippen LogP contribution in [0.3, 0.4) is 0 Å². The number of halogens is 3. The summed E-state index contributed by atoms with van der Waals surface area (Å²) in [5.41, 5.74) is -0.125. The monoisotopic (exact) mass is 361 g/mol. The number of alkyl halides is 3. The third-order valence-electron chi connectivity index (χ3n) is 3.05. The highest BCUT2D eigenvalue weighted by Crippen LogP contribution is 2.31. The molecule has 0 amide bonds. The van der Waals surface area contributed by atoms with Gasteiger partial charge in [0.25, 0.3) is 10.0 Å². The van der Waals surface area contributed by atoms with Gasteiger partial charge in [0.05, 0.1) is 28.3 Å². The van der Waals surface area contributed by atoms with Crippen molar-refractivity contribution >= 4 is 27.8 Å².